The minimum Gasteiger partial charge on any atom is -0.437 e. The molecule has 0 spiro atoms. The van der Waals surface area contributed by atoms with E-state index in [1.54, 1.807) is 6.07 Å². The Morgan fingerprint density at radius 2 is 1.95 bits per heavy atom. The van der Waals surface area contributed by atoms with Crippen LogP contribution in [0.1, 0.15) is 5.56 Å². The second-order valence-electron chi connectivity index (χ2n) is 4.53. The van der Waals surface area contributed by atoms with Gasteiger partial charge in [-0.3, -0.25) is 0 Å². The molecule has 0 fully saturated rings. The van der Waals surface area contributed by atoms with Gasteiger partial charge in [-0.05, 0) is 46.3 Å². The van der Waals surface area contributed by atoms with Gasteiger partial charge in [-0.2, -0.15) is 0 Å². The van der Waals surface area contributed by atoms with E-state index in [2.05, 4.69) is 20.9 Å². The molecule has 1 heterocycles. The highest BCUT2D eigenvalue weighted by molar-refractivity contribution is 9.10. The topological polar surface area (TPSA) is 48.1 Å². The minimum absolute atomic E-state index is 0.311. The van der Waals surface area contributed by atoms with Crippen LogP contribution in [0.2, 0.25) is 0 Å². The third kappa shape index (κ3) is 2.89. The van der Waals surface area contributed by atoms with Crippen molar-refractivity contribution in [3.8, 4) is 11.6 Å². The Balaban J connectivity index is 2.06. The first-order valence-corrected chi connectivity index (χ1v) is 7.18. The minimum atomic E-state index is -0.334. The smallest absolute Gasteiger partial charge is 0.224 e. The lowest BCUT2D eigenvalue weighted by atomic mass is 10.1. The number of rotatable bonds is 3. The van der Waals surface area contributed by atoms with Gasteiger partial charge < -0.3 is 10.5 Å². The van der Waals surface area contributed by atoms with Gasteiger partial charge in [0, 0.05) is 17.5 Å². The van der Waals surface area contributed by atoms with Crippen molar-refractivity contribution in [3.63, 3.8) is 0 Å². The molecule has 0 radical (unpaired) electrons. The second kappa shape index (κ2) is 5.79. The maximum absolute atomic E-state index is 13.1. The molecule has 3 nitrogen and oxygen atoms in total. The molecule has 106 valence electrons. The molecule has 0 saturated carbocycles. The van der Waals surface area contributed by atoms with Gasteiger partial charge in [0.1, 0.15) is 11.6 Å². The molecule has 0 aliphatic heterocycles. The summed E-state index contributed by atoms with van der Waals surface area (Å²) in [7, 11) is 0. The summed E-state index contributed by atoms with van der Waals surface area (Å²) in [6.07, 6.45) is 0. The number of ether oxygens (including phenoxy) is 1. The molecule has 0 aliphatic rings. The van der Waals surface area contributed by atoms with E-state index in [1.807, 2.05) is 30.3 Å². The molecule has 0 atom stereocenters. The molecule has 0 amide bonds. The first kappa shape index (κ1) is 14.0. The summed E-state index contributed by atoms with van der Waals surface area (Å²) in [4.78, 5) is 4.49. The lowest BCUT2D eigenvalue weighted by Gasteiger charge is -2.11. The summed E-state index contributed by atoms with van der Waals surface area (Å²) in [6, 6.07) is 13.9. The lowest BCUT2D eigenvalue weighted by Crippen LogP contribution is -2.02. The van der Waals surface area contributed by atoms with Gasteiger partial charge >= 0.3 is 0 Å². The van der Waals surface area contributed by atoms with E-state index in [0.717, 1.165) is 16.5 Å². The van der Waals surface area contributed by atoms with Gasteiger partial charge in [0.05, 0.1) is 9.99 Å². The molecule has 3 rings (SSSR count). The summed E-state index contributed by atoms with van der Waals surface area (Å²) in [6.45, 7) is 0.311. The van der Waals surface area contributed by atoms with Crippen molar-refractivity contribution in [2.45, 2.75) is 6.54 Å². The van der Waals surface area contributed by atoms with Gasteiger partial charge in [-0.15, -0.1) is 0 Å². The summed E-state index contributed by atoms with van der Waals surface area (Å²) in [5, 5.41) is 1.00. The number of pyridine rings is 1. The molecule has 2 aromatic carbocycles. The molecule has 0 bridgehead atoms. The van der Waals surface area contributed by atoms with Gasteiger partial charge in [0.2, 0.25) is 5.88 Å². The quantitative estimate of drug-likeness (QED) is 0.765. The van der Waals surface area contributed by atoms with Gasteiger partial charge in [0.25, 0.3) is 0 Å². The van der Waals surface area contributed by atoms with Crippen LogP contribution in [0.5, 0.6) is 11.6 Å². The molecule has 0 unspecified atom stereocenters. The van der Waals surface area contributed by atoms with Crippen LogP contribution in [-0.4, -0.2) is 4.98 Å². The van der Waals surface area contributed by atoms with Gasteiger partial charge in [0.15, 0.2) is 0 Å². The Labute approximate surface area is 129 Å². The second-order valence-corrected chi connectivity index (χ2v) is 5.38. The van der Waals surface area contributed by atoms with Crippen LogP contribution in [0, 0.1) is 5.82 Å². The van der Waals surface area contributed by atoms with Crippen LogP contribution in [0.25, 0.3) is 10.9 Å². The maximum atomic E-state index is 13.1. The fourth-order valence-corrected chi connectivity index (χ4v) is 2.47. The Morgan fingerprint density at radius 3 is 2.71 bits per heavy atom. The number of aromatic nitrogens is 1. The number of halogens is 2. The number of para-hydroxylation sites is 1. The summed E-state index contributed by atoms with van der Waals surface area (Å²) >= 11 is 3.28. The molecule has 0 aliphatic carbocycles. The zero-order chi connectivity index (χ0) is 14.8. The van der Waals surface area contributed by atoms with Crippen molar-refractivity contribution < 1.29 is 9.13 Å². The Hall–Kier alpha value is -1.98. The number of fused-ring (bicyclic) bond motifs is 1. The SMILES string of the molecule is NCc1cc2ccccc2nc1Oc1ccc(F)cc1Br. The zero-order valence-corrected chi connectivity index (χ0v) is 12.6. The largest absolute Gasteiger partial charge is 0.437 e. The van der Waals surface area contributed by atoms with E-state index < -0.39 is 0 Å². The molecule has 1 aromatic heterocycles. The third-order valence-electron chi connectivity index (χ3n) is 3.08. The number of hydrogen-bond donors (Lipinski definition) is 1. The zero-order valence-electron chi connectivity index (χ0n) is 11.0. The predicted molar refractivity (Wildman–Crippen MR) is 83.8 cm³/mol. The number of hydrogen-bond acceptors (Lipinski definition) is 3. The van der Waals surface area contributed by atoms with E-state index in [-0.39, 0.29) is 5.82 Å². The highest BCUT2D eigenvalue weighted by Crippen LogP contribution is 2.32. The standard InChI is InChI=1S/C16H12BrFN2O/c17-13-8-12(18)5-6-15(13)21-16-11(9-19)7-10-3-1-2-4-14(10)20-16/h1-8H,9,19H2. The van der Waals surface area contributed by atoms with Crippen molar-refractivity contribution in [2.75, 3.05) is 0 Å². The van der Waals surface area contributed by atoms with Crippen LogP contribution < -0.4 is 10.5 Å². The monoisotopic (exact) mass is 346 g/mol. The van der Waals surface area contributed by atoms with Crippen molar-refractivity contribution in [1.29, 1.82) is 0 Å². The highest BCUT2D eigenvalue weighted by atomic mass is 79.9. The lowest BCUT2D eigenvalue weighted by molar-refractivity contribution is 0.454. The summed E-state index contributed by atoms with van der Waals surface area (Å²) in [5.41, 5.74) is 7.38. The number of benzene rings is 2. The van der Waals surface area contributed by atoms with Gasteiger partial charge in [-0.25, -0.2) is 9.37 Å². The summed E-state index contributed by atoms with van der Waals surface area (Å²) < 4.78 is 19.4. The number of nitrogens with zero attached hydrogens (tertiary/aromatic N) is 1. The molecular formula is C16H12BrFN2O. The van der Waals surface area contributed by atoms with E-state index in [1.165, 1.54) is 12.1 Å². The van der Waals surface area contributed by atoms with Crippen LogP contribution in [-0.2, 0) is 6.54 Å². The molecule has 5 heteroatoms. The Morgan fingerprint density at radius 1 is 1.14 bits per heavy atom. The van der Waals surface area contributed by atoms with Crippen molar-refractivity contribution in [3.05, 3.63) is 64.4 Å². The first-order valence-electron chi connectivity index (χ1n) is 6.39. The van der Waals surface area contributed by atoms with Crippen molar-refractivity contribution in [2.24, 2.45) is 5.73 Å². The van der Waals surface area contributed by atoms with E-state index in [9.17, 15) is 4.39 Å². The predicted octanol–water partition coefficient (Wildman–Crippen LogP) is 4.39. The third-order valence-corrected chi connectivity index (χ3v) is 3.70. The van der Waals surface area contributed by atoms with E-state index >= 15 is 0 Å². The van der Waals surface area contributed by atoms with Gasteiger partial charge in [-0.1, -0.05) is 18.2 Å². The number of nitrogens with two attached hydrogens (primary N) is 1. The van der Waals surface area contributed by atoms with Crippen LogP contribution >= 0.6 is 15.9 Å². The molecule has 3 aromatic rings. The van der Waals surface area contributed by atoms with E-state index in [0.29, 0.717) is 22.6 Å². The molecular weight excluding hydrogens is 335 g/mol. The average Bonchev–Trinajstić information content (AvgIpc) is 2.49. The normalized spacial score (nSPS) is 10.8. The van der Waals surface area contributed by atoms with Crippen molar-refractivity contribution >= 4 is 26.8 Å². The molecule has 0 saturated heterocycles. The fourth-order valence-electron chi connectivity index (χ4n) is 2.04. The Kier molecular flexibility index (Phi) is 3.86. The first-order chi connectivity index (χ1) is 10.2. The fraction of sp³-hybridized carbons (Fsp3) is 0.0625. The average molecular weight is 347 g/mol. The van der Waals surface area contributed by atoms with Crippen molar-refractivity contribution in [1.82, 2.24) is 4.98 Å². The van der Waals surface area contributed by atoms with Crippen LogP contribution in [0.15, 0.2) is 53.0 Å². The molecule has 21 heavy (non-hydrogen) atoms. The summed E-state index contributed by atoms with van der Waals surface area (Å²) in [5.74, 6) is 0.595. The highest BCUT2D eigenvalue weighted by Gasteiger charge is 2.10. The maximum Gasteiger partial charge on any atom is 0.224 e. The van der Waals surface area contributed by atoms with E-state index in [4.69, 9.17) is 10.5 Å². The Bertz CT molecular complexity index is 807. The van der Waals surface area contributed by atoms with Crippen LogP contribution in [0.3, 0.4) is 0 Å². The molecule has 2 N–H and O–H groups in total. The van der Waals surface area contributed by atoms with Crippen LogP contribution in [0.4, 0.5) is 4.39 Å².